The summed E-state index contributed by atoms with van der Waals surface area (Å²) in [6, 6.07) is 0. The van der Waals surface area contributed by atoms with Gasteiger partial charge in [-0.25, -0.2) is 9.97 Å². The fraction of sp³-hybridized carbons (Fsp3) is 0.176. The van der Waals surface area contributed by atoms with Gasteiger partial charge in [-0.3, -0.25) is 9.67 Å². The van der Waals surface area contributed by atoms with Gasteiger partial charge < -0.3 is 10.1 Å². The lowest BCUT2D eigenvalue weighted by atomic mass is 10.2. The van der Waals surface area contributed by atoms with Gasteiger partial charge in [0.05, 0.1) is 11.9 Å². The Morgan fingerprint density at radius 2 is 2.15 bits per heavy atom. The van der Waals surface area contributed by atoms with Gasteiger partial charge in [0.25, 0.3) is 0 Å². The molecule has 0 aliphatic rings. The van der Waals surface area contributed by atoms with Crippen LogP contribution in [0.25, 0.3) is 21.7 Å². The van der Waals surface area contributed by atoms with Crippen molar-refractivity contribution in [3.63, 3.8) is 0 Å². The second-order valence-electron chi connectivity index (χ2n) is 4.83. The third kappa shape index (κ3) is 4.27. The minimum absolute atomic E-state index is 0.745. The van der Waals surface area contributed by atoms with Crippen LogP contribution in [0.2, 0.25) is 0 Å². The average Bonchev–Trinajstić information content (AvgIpc) is 3.34. The standard InChI is InChI=1S/C15H15ClN6S.C2H4O/c1-3-4-5-6-10(7-16)11-8-18-9-22(11)14-12-13(20-21-14)19-15(17-2)23-12;1-2-3/h3-9H,1-2H3,(H2,17,19,20,21);2H,1H3/b4-3-,6-5-,10-7-;. The van der Waals surface area contributed by atoms with Gasteiger partial charge in [0, 0.05) is 18.2 Å². The number of carbonyl (C=O) groups excluding carboxylic acids is 1. The van der Waals surface area contributed by atoms with E-state index in [2.05, 4.69) is 25.5 Å². The number of imidazole rings is 1. The number of carbonyl (C=O) groups is 1. The molecule has 26 heavy (non-hydrogen) atoms. The molecule has 0 amide bonds. The topological polar surface area (TPSA) is 88.5 Å². The third-order valence-electron chi connectivity index (χ3n) is 3.17. The van der Waals surface area contributed by atoms with Crippen LogP contribution in [-0.2, 0) is 4.79 Å². The quantitative estimate of drug-likeness (QED) is 0.504. The molecule has 3 heterocycles. The zero-order valence-electron chi connectivity index (χ0n) is 14.6. The van der Waals surface area contributed by atoms with E-state index in [1.54, 1.807) is 12.5 Å². The molecular formula is C17H19ClN6OS. The van der Waals surface area contributed by atoms with Crippen molar-refractivity contribution in [2.24, 2.45) is 0 Å². The number of aldehydes is 1. The molecule has 0 fully saturated rings. The molecule has 9 heteroatoms. The van der Waals surface area contributed by atoms with Crippen molar-refractivity contribution >= 4 is 50.3 Å². The summed E-state index contributed by atoms with van der Waals surface area (Å²) in [4.78, 5) is 17.4. The largest absolute Gasteiger partial charge is 0.365 e. The predicted octanol–water partition coefficient (Wildman–Crippen LogP) is 4.16. The van der Waals surface area contributed by atoms with Gasteiger partial charge >= 0.3 is 0 Å². The highest BCUT2D eigenvalue weighted by Crippen LogP contribution is 2.31. The summed E-state index contributed by atoms with van der Waals surface area (Å²) in [7, 11) is 1.84. The number of nitrogens with one attached hydrogen (secondary N) is 2. The summed E-state index contributed by atoms with van der Waals surface area (Å²) in [6.07, 6.45) is 12.0. The molecule has 3 aromatic heterocycles. The van der Waals surface area contributed by atoms with Crippen molar-refractivity contribution in [3.05, 3.63) is 48.1 Å². The van der Waals surface area contributed by atoms with Crippen LogP contribution in [0.1, 0.15) is 19.5 Å². The van der Waals surface area contributed by atoms with E-state index in [1.807, 2.05) is 42.8 Å². The lowest BCUT2D eigenvalue weighted by Crippen LogP contribution is -1.98. The summed E-state index contributed by atoms with van der Waals surface area (Å²) in [5, 5.41) is 11.2. The number of allylic oxidation sites excluding steroid dienone is 5. The van der Waals surface area contributed by atoms with E-state index < -0.39 is 0 Å². The Bertz CT molecular complexity index is 950. The Labute approximate surface area is 160 Å². The van der Waals surface area contributed by atoms with Gasteiger partial charge in [0.15, 0.2) is 16.6 Å². The maximum absolute atomic E-state index is 8.81. The summed E-state index contributed by atoms with van der Waals surface area (Å²) in [5.74, 6) is 0.752. The lowest BCUT2D eigenvalue weighted by molar-refractivity contribution is -0.106. The van der Waals surface area contributed by atoms with Crippen LogP contribution in [0, 0.1) is 0 Å². The molecule has 0 radical (unpaired) electrons. The molecular weight excluding hydrogens is 372 g/mol. The lowest BCUT2D eigenvalue weighted by Gasteiger charge is -2.05. The van der Waals surface area contributed by atoms with Crippen LogP contribution in [0.5, 0.6) is 0 Å². The molecule has 136 valence electrons. The number of anilines is 1. The van der Waals surface area contributed by atoms with E-state index in [0.29, 0.717) is 0 Å². The monoisotopic (exact) mass is 390 g/mol. The first-order valence-corrected chi connectivity index (χ1v) is 9.00. The van der Waals surface area contributed by atoms with E-state index in [4.69, 9.17) is 16.4 Å². The average molecular weight is 391 g/mol. The Balaban J connectivity index is 0.000000758. The van der Waals surface area contributed by atoms with Gasteiger partial charge in [-0.15, -0.1) is 0 Å². The molecule has 0 aliphatic carbocycles. The minimum atomic E-state index is 0.745. The van der Waals surface area contributed by atoms with Crippen LogP contribution in [-0.4, -0.2) is 38.1 Å². The van der Waals surface area contributed by atoms with E-state index >= 15 is 0 Å². The van der Waals surface area contributed by atoms with Crippen molar-refractivity contribution in [1.29, 1.82) is 0 Å². The van der Waals surface area contributed by atoms with Crippen molar-refractivity contribution < 1.29 is 4.79 Å². The molecule has 0 aromatic carbocycles. The number of halogens is 1. The van der Waals surface area contributed by atoms with Crippen LogP contribution < -0.4 is 5.32 Å². The van der Waals surface area contributed by atoms with Gasteiger partial charge in [-0.05, 0) is 13.8 Å². The molecule has 0 unspecified atom stereocenters. The third-order valence-corrected chi connectivity index (χ3v) is 4.48. The smallest absolute Gasteiger partial charge is 0.185 e. The fourth-order valence-electron chi connectivity index (χ4n) is 2.10. The Hall–Kier alpha value is -2.71. The predicted molar refractivity (Wildman–Crippen MR) is 108 cm³/mol. The molecule has 0 spiro atoms. The zero-order chi connectivity index (χ0) is 18.9. The Morgan fingerprint density at radius 1 is 1.38 bits per heavy atom. The number of thiazole rings is 1. The van der Waals surface area contributed by atoms with E-state index in [1.165, 1.54) is 23.8 Å². The summed E-state index contributed by atoms with van der Waals surface area (Å²) >= 11 is 7.52. The molecule has 0 saturated carbocycles. The zero-order valence-corrected chi connectivity index (χ0v) is 16.2. The normalized spacial score (nSPS) is 11.9. The number of nitrogens with zero attached hydrogens (tertiary/aromatic N) is 4. The number of hydrogen-bond donors (Lipinski definition) is 2. The number of aromatic nitrogens is 5. The van der Waals surface area contributed by atoms with Crippen molar-refractivity contribution in [2.75, 3.05) is 12.4 Å². The van der Waals surface area contributed by atoms with E-state index in [-0.39, 0.29) is 0 Å². The van der Waals surface area contributed by atoms with Crippen LogP contribution in [0.15, 0.2) is 42.4 Å². The maximum atomic E-state index is 8.81. The first-order chi connectivity index (χ1) is 12.7. The van der Waals surface area contributed by atoms with Gasteiger partial charge in [-0.1, -0.05) is 47.2 Å². The maximum Gasteiger partial charge on any atom is 0.185 e. The molecule has 0 atom stereocenters. The molecule has 0 saturated heterocycles. The number of rotatable bonds is 5. The van der Waals surface area contributed by atoms with Gasteiger partial charge in [0.2, 0.25) is 0 Å². The Morgan fingerprint density at radius 3 is 2.81 bits per heavy atom. The molecule has 2 N–H and O–H groups in total. The molecule has 0 aliphatic heterocycles. The SMILES string of the molecule is CC=O.C\C=C/C=C\C(=C\Cl)c1cncn1-c1n[nH]c2nc(NC)sc12. The summed E-state index contributed by atoms with van der Waals surface area (Å²) in [6.45, 7) is 3.41. The number of fused-ring (bicyclic) bond motifs is 1. The number of aromatic amines is 1. The van der Waals surface area contributed by atoms with E-state index in [0.717, 1.165) is 38.8 Å². The highest BCUT2D eigenvalue weighted by atomic mass is 35.5. The van der Waals surface area contributed by atoms with Gasteiger partial charge in [-0.2, -0.15) is 5.10 Å². The number of hydrogen-bond acceptors (Lipinski definition) is 6. The molecule has 3 rings (SSSR count). The molecule has 0 bridgehead atoms. The van der Waals surface area contributed by atoms with Crippen LogP contribution >= 0.6 is 22.9 Å². The summed E-state index contributed by atoms with van der Waals surface area (Å²) < 4.78 is 2.85. The Kier molecular flexibility index (Phi) is 7.31. The number of H-pyrrole nitrogens is 1. The fourth-order valence-corrected chi connectivity index (χ4v) is 3.14. The molecule has 3 aromatic rings. The highest BCUT2D eigenvalue weighted by Gasteiger charge is 2.16. The van der Waals surface area contributed by atoms with Crippen LogP contribution in [0.4, 0.5) is 5.13 Å². The van der Waals surface area contributed by atoms with Crippen molar-refractivity contribution in [2.45, 2.75) is 13.8 Å². The molecule has 7 nitrogen and oxygen atoms in total. The van der Waals surface area contributed by atoms with Crippen molar-refractivity contribution in [3.8, 4) is 5.82 Å². The first kappa shape index (κ1) is 19.6. The van der Waals surface area contributed by atoms with E-state index in [9.17, 15) is 0 Å². The second kappa shape index (κ2) is 9.69. The van der Waals surface area contributed by atoms with Crippen molar-refractivity contribution in [1.82, 2.24) is 24.7 Å². The second-order valence-corrected chi connectivity index (χ2v) is 6.05. The minimum Gasteiger partial charge on any atom is -0.365 e. The highest BCUT2D eigenvalue weighted by molar-refractivity contribution is 7.22. The summed E-state index contributed by atoms with van der Waals surface area (Å²) in [5.41, 5.74) is 3.98. The van der Waals surface area contributed by atoms with Gasteiger partial charge in [0.1, 0.15) is 17.3 Å². The first-order valence-electron chi connectivity index (χ1n) is 7.75. The van der Waals surface area contributed by atoms with Crippen LogP contribution in [0.3, 0.4) is 0 Å².